The van der Waals surface area contributed by atoms with Gasteiger partial charge in [-0.3, -0.25) is 9.78 Å². The normalized spacial score (nSPS) is 13.9. The Labute approximate surface area is 125 Å². The van der Waals surface area contributed by atoms with Crippen LogP contribution < -0.4 is 10.9 Å². The minimum absolute atomic E-state index is 0.00830. The lowest BCUT2D eigenvalue weighted by Crippen LogP contribution is -2.22. The van der Waals surface area contributed by atoms with Crippen LogP contribution in [0.2, 0.25) is 0 Å². The van der Waals surface area contributed by atoms with Crippen LogP contribution in [0.5, 0.6) is 0 Å². The molecule has 0 unspecified atom stereocenters. The van der Waals surface area contributed by atoms with Gasteiger partial charge in [-0.05, 0) is 56.4 Å². The number of H-pyrrole nitrogens is 1. The fourth-order valence-electron chi connectivity index (χ4n) is 2.52. The summed E-state index contributed by atoms with van der Waals surface area (Å²) in [5.74, 6) is 0.525. The zero-order valence-corrected chi connectivity index (χ0v) is 12.9. The van der Waals surface area contributed by atoms with E-state index in [0.717, 1.165) is 52.7 Å². The number of aromatic amines is 1. The summed E-state index contributed by atoms with van der Waals surface area (Å²) in [5.41, 5.74) is 3.84. The first-order valence-corrected chi connectivity index (χ1v) is 7.58. The van der Waals surface area contributed by atoms with E-state index in [1.807, 2.05) is 25.1 Å². The monoisotopic (exact) mass is 333 g/mol. The Balaban J connectivity index is 1.93. The lowest BCUT2D eigenvalue weighted by Gasteiger charge is -2.15. The Kier molecular flexibility index (Phi) is 3.61. The van der Waals surface area contributed by atoms with Gasteiger partial charge in [0.25, 0.3) is 5.56 Å². The second-order valence-corrected chi connectivity index (χ2v) is 5.99. The molecule has 20 heavy (non-hydrogen) atoms. The van der Waals surface area contributed by atoms with Gasteiger partial charge >= 0.3 is 0 Å². The van der Waals surface area contributed by atoms with Crippen LogP contribution >= 0.6 is 15.9 Å². The Morgan fingerprint density at radius 1 is 1.30 bits per heavy atom. The Morgan fingerprint density at radius 2 is 2.10 bits per heavy atom. The molecule has 0 aliphatic heterocycles. The molecule has 0 amide bonds. The van der Waals surface area contributed by atoms with Crippen molar-refractivity contribution in [3.8, 4) is 0 Å². The highest BCUT2D eigenvalue weighted by Gasteiger charge is 2.15. The van der Waals surface area contributed by atoms with E-state index in [9.17, 15) is 4.79 Å². The lowest BCUT2D eigenvalue weighted by molar-refractivity contribution is 0.658. The van der Waals surface area contributed by atoms with Crippen molar-refractivity contribution < 1.29 is 0 Å². The summed E-state index contributed by atoms with van der Waals surface area (Å²) in [5, 5.41) is 3.18. The molecule has 2 aromatic rings. The molecule has 3 rings (SSSR count). The molecule has 1 aliphatic carbocycles. The molecule has 4 nitrogen and oxygen atoms in total. The maximum atomic E-state index is 12.1. The molecule has 104 valence electrons. The molecule has 0 fully saturated rings. The fourth-order valence-corrected chi connectivity index (χ4v) is 2.77. The van der Waals surface area contributed by atoms with E-state index in [4.69, 9.17) is 0 Å². The molecule has 0 atom stereocenters. The number of hydrogen-bond acceptors (Lipinski definition) is 3. The van der Waals surface area contributed by atoms with Gasteiger partial charge < -0.3 is 5.32 Å². The number of anilines is 2. The van der Waals surface area contributed by atoms with E-state index in [-0.39, 0.29) is 5.56 Å². The van der Waals surface area contributed by atoms with Gasteiger partial charge in [0, 0.05) is 15.7 Å². The molecule has 5 heteroatoms. The predicted molar refractivity (Wildman–Crippen MR) is 83.7 cm³/mol. The van der Waals surface area contributed by atoms with Crippen LogP contribution in [0.1, 0.15) is 29.7 Å². The van der Waals surface area contributed by atoms with Crippen LogP contribution in [0, 0.1) is 6.92 Å². The summed E-state index contributed by atoms with van der Waals surface area (Å²) in [6.07, 6.45) is 3.93. The van der Waals surface area contributed by atoms with E-state index in [0.29, 0.717) is 5.95 Å². The first kappa shape index (κ1) is 13.4. The van der Waals surface area contributed by atoms with Crippen LogP contribution in [-0.4, -0.2) is 9.97 Å². The van der Waals surface area contributed by atoms with Crippen LogP contribution in [-0.2, 0) is 12.8 Å². The second-order valence-electron chi connectivity index (χ2n) is 5.14. The van der Waals surface area contributed by atoms with Crippen molar-refractivity contribution in [3.05, 3.63) is 49.8 Å². The highest BCUT2D eigenvalue weighted by atomic mass is 79.9. The molecule has 0 spiro atoms. The van der Waals surface area contributed by atoms with Crippen molar-refractivity contribution in [3.63, 3.8) is 0 Å². The third kappa shape index (κ3) is 2.63. The van der Waals surface area contributed by atoms with Crippen molar-refractivity contribution in [2.75, 3.05) is 5.32 Å². The molecule has 0 saturated heterocycles. The summed E-state index contributed by atoms with van der Waals surface area (Å²) < 4.78 is 1.06. The molecule has 1 aliphatic rings. The Morgan fingerprint density at radius 3 is 2.90 bits per heavy atom. The van der Waals surface area contributed by atoms with Crippen molar-refractivity contribution in [1.82, 2.24) is 9.97 Å². The van der Waals surface area contributed by atoms with Crippen molar-refractivity contribution >= 4 is 27.6 Å². The standard InChI is InChI=1S/C15H16BrN3O/c1-9-8-10(6-7-12(9)16)17-15-18-13-5-3-2-4-11(13)14(20)19-15/h6-8H,2-5H2,1H3,(H2,17,18,19,20). The smallest absolute Gasteiger partial charge is 0.255 e. The van der Waals surface area contributed by atoms with E-state index >= 15 is 0 Å². The molecule has 0 radical (unpaired) electrons. The van der Waals surface area contributed by atoms with E-state index in [1.54, 1.807) is 0 Å². The molecular weight excluding hydrogens is 318 g/mol. The third-order valence-corrected chi connectivity index (χ3v) is 4.50. The number of rotatable bonds is 2. The number of benzene rings is 1. The van der Waals surface area contributed by atoms with Crippen LogP contribution in [0.3, 0.4) is 0 Å². The number of nitrogens with one attached hydrogen (secondary N) is 2. The molecule has 1 aromatic carbocycles. The van der Waals surface area contributed by atoms with Crippen molar-refractivity contribution in [2.24, 2.45) is 0 Å². The SMILES string of the molecule is Cc1cc(Nc2nc3c(c(=O)[nH]2)CCCC3)ccc1Br. The molecular formula is C15H16BrN3O. The summed E-state index contributed by atoms with van der Waals surface area (Å²) in [6.45, 7) is 2.03. The summed E-state index contributed by atoms with van der Waals surface area (Å²) in [7, 11) is 0. The average Bonchev–Trinajstić information content (AvgIpc) is 2.43. The van der Waals surface area contributed by atoms with Gasteiger partial charge in [-0.2, -0.15) is 0 Å². The van der Waals surface area contributed by atoms with Gasteiger partial charge in [0.05, 0.1) is 5.69 Å². The van der Waals surface area contributed by atoms with Crippen LogP contribution in [0.25, 0.3) is 0 Å². The quantitative estimate of drug-likeness (QED) is 0.884. The zero-order valence-electron chi connectivity index (χ0n) is 11.3. The highest BCUT2D eigenvalue weighted by Crippen LogP contribution is 2.22. The maximum absolute atomic E-state index is 12.1. The molecule has 0 saturated carbocycles. The minimum atomic E-state index is -0.00830. The van der Waals surface area contributed by atoms with Gasteiger partial charge in [-0.25, -0.2) is 4.98 Å². The lowest BCUT2D eigenvalue weighted by atomic mass is 9.97. The first-order chi connectivity index (χ1) is 9.63. The maximum Gasteiger partial charge on any atom is 0.255 e. The molecule has 1 aromatic heterocycles. The van der Waals surface area contributed by atoms with Crippen molar-refractivity contribution in [2.45, 2.75) is 32.6 Å². The topological polar surface area (TPSA) is 57.8 Å². The Hall–Kier alpha value is -1.62. The van der Waals surface area contributed by atoms with Gasteiger partial charge in [0.15, 0.2) is 0 Å². The summed E-state index contributed by atoms with van der Waals surface area (Å²) in [4.78, 5) is 19.4. The molecule has 0 bridgehead atoms. The molecule has 2 N–H and O–H groups in total. The number of aryl methyl sites for hydroxylation is 2. The predicted octanol–water partition coefficient (Wildman–Crippen LogP) is 3.46. The number of hydrogen-bond donors (Lipinski definition) is 2. The highest BCUT2D eigenvalue weighted by molar-refractivity contribution is 9.10. The number of aromatic nitrogens is 2. The van der Waals surface area contributed by atoms with E-state index in [2.05, 4.69) is 31.2 Å². The zero-order chi connectivity index (χ0) is 14.1. The number of halogens is 1. The van der Waals surface area contributed by atoms with Crippen LogP contribution in [0.4, 0.5) is 11.6 Å². The molecule has 1 heterocycles. The summed E-state index contributed by atoms with van der Waals surface area (Å²) >= 11 is 3.47. The van der Waals surface area contributed by atoms with Gasteiger partial charge in [-0.1, -0.05) is 15.9 Å². The average molecular weight is 334 g/mol. The van der Waals surface area contributed by atoms with Gasteiger partial charge in [0.1, 0.15) is 0 Å². The number of nitrogens with zero attached hydrogens (tertiary/aromatic N) is 1. The van der Waals surface area contributed by atoms with Crippen molar-refractivity contribution in [1.29, 1.82) is 0 Å². The largest absolute Gasteiger partial charge is 0.326 e. The van der Waals surface area contributed by atoms with E-state index in [1.165, 1.54) is 0 Å². The number of fused-ring (bicyclic) bond motifs is 1. The second kappa shape index (κ2) is 5.40. The third-order valence-electron chi connectivity index (χ3n) is 3.61. The minimum Gasteiger partial charge on any atom is -0.326 e. The van der Waals surface area contributed by atoms with Gasteiger partial charge in [0.2, 0.25) is 5.95 Å². The Bertz CT molecular complexity index is 709. The fraction of sp³-hybridized carbons (Fsp3) is 0.333. The summed E-state index contributed by atoms with van der Waals surface area (Å²) in [6, 6.07) is 5.95. The first-order valence-electron chi connectivity index (χ1n) is 6.79. The van der Waals surface area contributed by atoms with Gasteiger partial charge in [-0.15, -0.1) is 0 Å². The van der Waals surface area contributed by atoms with Crippen LogP contribution in [0.15, 0.2) is 27.5 Å². The van der Waals surface area contributed by atoms with E-state index < -0.39 is 0 Å².